The Morgan fingerprint density at radius 2 is 2.05 bits per heavy atom. The third-order valence-corrected chi connectivity index (χ3v) is 2.98. The quantitative estimate of drug-likeness (QED) is 0.777. The summed E-state index contributed by atoms with van der Waals surface area (Å²) in [5.74, 6) is 0.105. The second-order valence-corrected chi connectivity index (χ2v) is 4.34. The summed E-state index contributed by atoms with van der Waals surface area (Å²) in [5.41, 5.74) is 1.80. The van der Waals surface area contributed by atoms with Crippen LogP contribution in [0.5, 0.6) is 5.75 Å². The van der Waals surface area contributed by atoms with E-state index >= 15 is 0 Å². The molecule has 0 fully saturated rings. The van der Waals surface area contributed by atoms with Crippen molar-refractivity contribution in [1.82, 2.24) is 0 Å². The highest BCUT2D eigenvalue weighted by Crippen LogP contribution is 2.32. The number of carbonyl (C=O) groups excluding carboxylic acids is 1. The molecule has 19 heavy (non-hydrogen) atoms. The van der Waals surface area contributed by atoms with Crippen LogP contribution in [0.25, 0.3) is 11.1 Å². The minimum absolute atomic E-state index is 0.0632. The zero-order valence-electron chi connectivity index (χ0n) is 10.3. The number of hydrogen-bond acceptors (Lipinski definition) is 2. The summed E-state index contributed by atoms with van der Waals surface area (Å²) in [6.45, 7) is 2.35. The van der Waals surface area contributed by atoms with Gasteiger partial charge in [-0.05, 0) is 42.8 Å². The Morgan fingerprint density at radius 3 is 2.68 bits per heavy atom. The number of carbonyl (C=O) groups is 1. The summed E-state index contributed by atoms with van der Waals surface area (Å²) in [6, 6.07) is 9.53. The second kappa shape index (κ2) is 5.85. The van der Waals surface area contributed by atoms with Crippen LogP contribution < -0.4 is 4.74 Å². The predicted molar refractivity (Wildman–Crippen MR) is 73.4 cm³/mol. The molecule has 2 nitrogen and oxygen atoms in total. The normalized spacial score (nSPS) is 10.3. The van der Waals surface area contributed by atoms with Crippen LogP contribution in [0.2, 0.25) is 5.02 Å². The van der Waals surface area contributed by atoms with E-state index in [9.17, 15) is 9.18 Å². The van der Waals surface area contributed by atoms with Gasteiger partial charge in [0.1, 0.15) is 17.9 Å². The van der Waals surface area contributed by atoms with Gasteiger partial charge in [-0.3, -0.25) is 4.79 Å². The fourth-order valence-electron chi connectivity index (χ4n) is 1.79. The van der Waals surface area contributed by atoms with Gasteiger partial charge in [-0.2, -0.15) is 0 Å². The number of benzene rings is 2. The van der Waals surface area contributed by atoms with Gasteiger partial charge in [0.15, 0.2) is 0 Å². The highest BCUT2D eigenvalue weighted by Gasteiger charge is 2.10. The number of aldehydes is 1. The molecule has 2 aromatic carbocycles. The van der Waals surface area contributed by atoms with Crippen molar-refractivity contribution in [3.63, 3.8) is 0 Å². The van der Waals surface area contributed by atoms with E-state index in [0.717, 1.165) is 6.29 Å². The van der Waals surface area contributed by atoms with E-state index < -0.39 is 5.82 Å². The van der Waals surface area contributed by atoms with Crippen LogP contribution in [0.4, 0.5) is 4.39 Å². The third kappa shape index (κ3) is 2.93. The van der Waals surface area contributed by atoms with Crippen molar-refractivity contribution in [1.29, 1.82) is 0 Å². The first-order valence-corrected chi connectivity index (χ1v) is 6.21. The Labute approximate surface area is 115 Å². The Bertz CT molecular complexity index is 611. The molecule has 0 aromatic heterocycles. The van der Waals surface area contributed by atoms with Crippen LogP contribution in [0.3, 0.4) is 0 Å². The first-order valence-electron chi connectivity index (χ1n) is 5.83. The molecule has 0 saturated heterocycles. The van der Waals surface area contributed by atoms with Crippen molar-refractivity contribution < 1.29 is 13.9 Å². The zero-order chi connectivity index (χ0) is 13.8. The summed E-state index contributed by atoms with van der Waals surface area (Å²) in [7, 11) is 0. The van der Waals surface area contributed by atoms with E-state index in [2.05, 4.69) is 0 Å². The van der Waals surface area contributed by atoms with Gasteiger partial charge in [-0.1, -0.05) is 17.7 Å². The lowest BCUT2D eigenvalue weighted by Crippen LogP contribution is -1.95. The van der Waals surface area contributed by atoms with Gasteiger partial charge < -0.3 is 4.74 Å². The fourth-order valence-corrected chi connectivity index (χ4v) is 1.91. The topological polar surface area (TPSA) is 26.3 Å². The summed E-state index contributed by atoms with van der Waals surface area (Å²) < 4.78 is 19.0. The maximum Gasteiger partial charge on any atom is 0.150 e. The SMILES string of the molecule is CCOc1ccc(C=O)cc1-c1ccc(Cl)c(F)c1. The minimum atomic E-state index is -0.502. The first kappa shape index (κ1) is 13.6. The standard InChI is InChI=1S/C15H12ClFO2/c1-2-19-15-6-3-10(9-18)7-12(15)11-4-5-13(16)14(17)8-11/h3-9H,2H2,1H3. The lowest BCUT2D eigenvalue weighted by molar-refractivity contribution is 0.112. The number of hydrogen-bond donors (Lipinski definition) is 0. The molecule has 0 atom stereocenters. The first-order chi connectivity index (χ1) is 9.15. The van der Waals surface area contributed by atoms with Gasteiger partial charge in [0.25, 0.3) is 0 Å². The van der Waals surface area contributed by atoms with Crippen molar-refractivity contribution in [3.05, 3.63) is 52.8 Å². The lowest BCUT2D eigenvalue weighted by Gasteiger charge is -2.11. The van der Waals surface area contributed by atoms with Crippen LogP contribution in [0.1, 0.15) is 17.3 Å². The van der Waals surface area contributed by atoms with Gasteiger partial charge in [-0.25, -0.2) is 4.39 Å². The summed E-state index contributed by atoms with van der Waals surface area (Å²) in [5, 5.41) is 0.0632. The summed E-state index contributed by atoms with van der Waals surface area (Å²) >= 11 is 5.67. The van der Waals surface area contributed by atoms with Crippen molar-refractivity contribution in [2.75, 3.05) is 6.61 Å². The average molecular weight is 279 g/mol. The predicted octanol–water partition coefficient (Wildman–Crippen LogP) is 4.36. The van der Waals surface area contributed by atoms with Gasteiger partial charge in [-0.15, -0.1) is 0 Å². The van der Waals surface area contributed by atoms with E-state index in [1.165, 1.54) is 12.1 Å². The molecule has 0 spiro atoms. The van der Waals surface area contributed by atoms with Crippen molar-refractivity contribution in [2.45, 2.75) is 6.92 Å². The molecule has 4 heteroatoms. The molecular weight excluding hydrogens is 267 g/mol. The lowest BCUT2D eigenvalue weighted by atomic mass is 10.0. The van der Waals surface area contributed by atoms with E-state index in [-0.39, 0.29) is 5.02 Å². The Kier molecular flexibility index (Phi) is 4.17. The Balaban J connectivity index is 2.56. The molecule has 0 heterocycles. The molecule has 0 aliphatic heterocycles. The van der Waals surface area contributed by atoms with E-state index in [0.29, 0.717) is 29.0 Å². The van der Waals surface area contributed by atoms with Crippen LogP contribution in [-0.4, -0.2) is 12.9 Å². The van der Waals surface area contributed by atoms with E-state index in [1.807, 2.05) is 6.92 Å². The molecule has 0 radical (unpaired) electrons. The molecule has 0 saturated carbocycles. The summed E-state index contributed by atoms with van der Waals surface area (Å²) in [4.78, 5) is 10.8. The van der Waals surface area contributed by atoms with Crippen LogP contribution in [-0.2, 0) is 0 Å². The zero-order valence-corrected chi connectivity index (χ0v) is 11.1. The fraction of sp³-hybridized carbons (Fsp3) is 0.133. The van der Waals surface area contributed by atoms with E-state index in [4.69, 9.17) is 16.3 Å². The monoisotopic (exact) mass is 278 g/mol. The molecule has 0 aliphatic carbocycles. The largest absolute Gasteiger partial charge is 0.493 e. The molecule has 2 rings (SSSR count). The highest BCUT2D eigenvalue weighted by atomic mass is 35.5. The molecule has 0 aliphatic rings. The molecule has 2 aromatic rings. The van der Waals surface area contributed by atoms with Gasteiger partial charge in [0.05, 0.1) is 11.6 Å². The second-order valence-electron chi connectivity index (χ2n) is 3.94. The van der Waals surface area contributed by atoms with Crippen LogP contribution in [0.15, 0.2) is 36.4 Å². The highest BCUT2D eigenvalue weighted by molar-refractivity contribution is 6.30. The number of ether oxygens (including phenoxy) is 1. The average Bonchev–Trinajstić information content (AvgIpc) is 2.43. The Morgan fingerprint density at radius 1 is 1.26 bits per heavy atom. The smallest absolute Gasteiger partial charge is 0.150 e. The molecular formula is C15H12ClFO2. The van der Waals surface area contributed by atoms with Gasteiger partial charge >= 0.3 is 0 Å². The van der Waals surface area contributed by atoms with Crippen LogP contribution in [0, 0.1) is 5.82 Å². The maximum absolute atomic E-state index is 13.5. The molecule has 0 unspecified atom stereocenters. The van der Waals surface area contributed by atoms with Crippen molar-refractivity contribution in [2.24, 2.45) is 0 Å². The number of halogens is 2. The number of rotatable bonds is 4. The third-order valence-electron chi connectivity index (χ3n) is 2.67. The molecule has 0 N–H and O–H groups in total. The Hall–Kier alpha value is -1.87. The van der Waals surface area contributed by atoms with Crippen LogP contribution >= 0.6 is 11.6 Å². The maximum atomic E-state index is 13.5. The molecule has 98 valence electrons. The van der Waals surface area contributed by atoms with Gasteiger partial charge in [0.2, 0.25) is 0 Å². The van der Waals surface area contributed by atoms with Crippen molar-refractivity contribution in [3.8, 4) is 16.9 Å². The minimum Gasteiger partial charge on any atom is -0.493 e. The summed E-state index contributed by atoms with van der Waals surface area (Å²) in [6.07, 6.45) is 0.742. The van der Waals surface area contributed by atoms with Crippen molar-refractivity contribution >= 4 is 17.9 Å². The van der Waals surface area contributed by atoms with Gasteiger partial charge in [0, 0.05) is 11.1 Å². The van der Waals surface area contributed by atoms with E-state index in [1.54, 1.807) is 24.3 Å². The molecule has 0 bridgehead atoms. The molecule has 0 amide bonds.